The smallest absolute Gasteiger partial charge is 0.312 e. The molecule has 114 valence electrons. The number of carbonyl (C=O) groups is 2. The summed E-state index contributed by atoms with van der Waals surface area (Å²) < 4.78 is 0. The molecule has 0 bridgehead atoms. The molecule has 0 aromatic carbocycles. The lowest BCUT2D eigenvalue weighted by molar-refractivity contribution is -0.146. The topological polar surface area (TPSA) is 49.4 Å². The summed E-state index contributed by atoms with van der Waals surface area (Å²) in [6, 6.07) is 0. The van der Waals surface area contributed by atoms with E-state index in [1.807, 2.05) is 13.8 Å². The molecule has 2 amide bonds. The Balaban J connectivity index is 4.76. The number of rotatable bonds is 6. The molecular formula is C16H28N2O2. The van der Waals surface area contributed by atoms with Gasteiger partial charge in [-0.05, 0) is 25.7 Å². The van der Waals surface area contributed by atoms with Crippen molar-refractivity contribution in [2.24, 2.45) is 5.41 Å². The maximum atomic E-state index is 12.1. The van der Waals surface area contributed by atoms with Gasteiger partial charge in [-0.2, -0.15) is 0 Å². The molecule has 0 radical (unpaired) electrons. The second kappa shape index (κ2) is 7.27. The van der Waals surface area contributed by atoms with E-state index in [1.165, 1.54) is 4.90 Å². The Morgan fingerprint density at radius 1 is 1.05 bits per heavy atom. The molecule has 0 aliphatic heterocycles. The van der Waals surface area contributed by atoms with Crippen LogP contribution in [0.15, 0.2) is 25.3 Å². The number of nitrogens with one attached hydrogen (secondary N) is 1. The van der Waals surface area contributed by atoms with Crippen LogP contribution in [0, 0.1) is 5.41 Å². The third kappa shape index (κ3) is 7.12. The molecule has 0 aliphatic rings. The molecule has 4 nitrogen and oxygen atoms in total. The fourth-order valence-corrected chi connectivity index (χ4v) is 2.43. The zero-order valence-electron chi connectivity index (χ0n) is 13.5. The highest BCUT2D eigenvalue weighted by atomic mass is 16.2. The zero-order valence-corrected chi connectivity index (χ0v) is 13.5. The van der Waals surface area contributed by atoms with Crippen LogP contribution < -0.4 is 5.32 Å². The fraction of sp³-hybridized carbons (Fsp3) is 0.625. The van der Waals surface area contributed by atoms with Crippen LogP contribution in [0.2, 0.25) is 0 Å². The van der Waals surface area contributed by atoms with Gasteiger partial charge in [-0.1, -0.05) is 32.9 Å². The van der Waals surface area contributed by atoms with E-state index in [4.69, 9.17) is 0 Å². The highest BCUT2D eigenvalue weighted by Crippen LogP contribution is 2.26. The minimum atomic E-state index is -0.581. The summed E-state index contributed by atoms with van der Waals surface area (Å²) in [5, 5.41) is 2.81. The Kier molecular flexibility index (Phi) is 6.69. The van der Waals surface area contributed by atoms with Crippen LogP contribution in [0.3, 0.4) is 0 Å². The van der Waals surface area contributed by atoms with Crippen LogP contribution >= 0.6 is 0 Å². The van der Waals surface area contributed by atoms with Gasteiger partial charge in [0.25, 0.3) is 0 Å². The first-order chi connectivity index (χ1) is 9.02. The molecule has 0 aromatic heterocycles. The summed E-state index contributed by atoms with van der Waals surface area (Å²) in [7, 11) is 0. The highest BCUT2D eigenvalue weighted by molar-refractivity contribution is 6.35. The van der Waals surface area contributed by atoms with Gasteiger partial charge in [0.2, 0.25) is 0 Å². The van der Waals surface area contributed by atoms with E-state index in [0.29, 0.717) is 13.1 Å². The number of hydrogen-bond donors (Lipinski definition) is 1. The van der Waals surface area contributed by atoms with Gasteiger partial charge in [-0.15, -0.1) is 13.2 Å². The van der Waals surface area contributed by atoms with Crippen molar-refractivity contribution in [2.75, 3.05) is 13.1 Å². The third-order valence-electron chi connectivity index (χ3n) is 2.60. The third-order valence-corrected chi connectivity index (χ3v) is 2.60. The summed E-state index contributed by atoms with van der Waals surface area (Å²) in [6.07, 6.45) is 3.96. The van der Waals surface area contributed by atoms with Gasteiger partial charge in [0.15, 0.2) is 0 Å². The Morgan fingerprint density at radius 2 is 1.50 bits per heavy atom. The fourth-order valence-electron chi connectivity index (χ4n) is 2.43. The van der Waals surface area contributed by atoms with Crippen molar-refractivity contribution < 1.29 is 9.59 Å². The molecule has 4 heteroatoms. The van der Waals surface area contributed by atoms with Crippen molar-refractivity contribution in [1.29, 1.82) is 0 Å². The van der Waals surface area contributed by atoms with Crippen molar-refractivity contribution in [3.05, 3.63) is 25.3 Å². The Bertz CT molecular complexity index is 368. The van der Waals surface area contributed by atoms with E-state index in [0.717, 1.165) is 6.42 Å². The van der Waals surface area contributed by atoms with Crippen molar-refractivity contribution in [3.8, 4) is 0 Å². The van der Waals surface area contributed by atoms with E-state index in [9.17, 15) is 9.59 Å². The number of amides is 2. The standard InChI is InChI=1S/C16H28N2O2/c1-8-10-18(11-9-2)14(20)13(19)17-16(6,7)12-15(3,4)5/h8-9H,1-2,10-12H2,3-7H3,(H,17,19). The maximum absolute atomic E-state index is 12.1. The van der Waals surface area contributed by atoms with Crippen molar-refractivity contribution in [2.45, 2.75) is 46.6 Å². The molecule has 0 heterocycles. The number of hydrogen-bond acceptors (Lipinski definition) is 2. The minimum Gasteiger partial charge on any atom is -0.343 e. The van der Waals surface area contributed by atoms with Gasteiger partial charge in [0.1, 0.15) is 0 Å². The van der Waals surface area contributed by atoms with Crippen molar-refractivity contribution >= 4 is 11.8 Å². The first kappa shape index (κ1) is 18.4. The Morgan fingerprint density at radius 3 is 1.85 bits per heavy atom. The summed E-state index contributed by atoms with van der Waals surface area (Å²) in [5.41, 5.74) is -0.360. The first-order valence-corrected chi connectivity index (χ1v) is 6.85. The highest BCUT2D eigenvalue weighted by Gasteiger charge is 2.30. The van der Waals surface area contributed by atoms with Gasteiger partial charge in [-0.3, -0.25) is 9.59 Å². The van der Waals surface area contributed by atoms with E-state index in [-0.39, 0.29) is 5.41 Å². The SMILES string of the molecule is C=CCN(CC=C)C(=O)C(=O)NC(C)(C)CC(C)(C)C. The molecule has 0 aromatic rings. The summed E-state index contributed by atoms with van der Waals surface area (Å²) in [4.78, 5) is 25.6. The van der Waals surface area contributed by atoms with Crippen LogP contribution in [0.1, 0.15) is 41.0 Å². The second-order valence-corrected chi connectivity index (χ2v) is 6.86. The Labute approximate surface area is 122 Å². The summed E-state index contributed by atoms with van der Waals surface area (Å²) in [5.74, 6) is -1.13. The van der Waals surface area contributed by atoms with E-state index in [2.05, 4.69) is 39.2 Å². The van der Waals surface area contributed by atoms with Crippen LogP contribution in [0.25, 0.3) is 0 Å². The minimum absolute atomic E-state index is 0.0712. The number of carbonyl (C=O) groups excluding carboxylic acids is 2. The maximum Gasteiger partial charge on any atom is 0.312 e. The quantitative estimate of drug-likeness (QED) is 0.600. The average molecular weight is 280 g/mol. The van der Waals surface area contributed by atoms with Crippen LogP contribution in [-0.4, -0.2) is 35.3 Å². The molecule has 0 aliphatic carbocycles. The number of nitrogens with zero attached hydrogens (tertiary/aromatic N) is 1. The molecule has 0 rings (SSSR count). The second-order valence-electron chi connectivity index (χ2n) is 6.86. The van der Waals surface area contributed by atoms with Gasteiger partial charge < -0.3 is 10.2 Å². The monoisotopic (exact) mass is 280 g/mol. The van der Waals surface area contributed by atoms with E-state index >= 15 is 0 Å². The van der Waals surface area contributed by atoms with Crippen molar-refractivity contribution in [3.63, 3.8) is 0 Å². The molecule has 0 saturated carbocycles. The van der Waals surface area contributed by atoms with Gasteiger partial charge in [0.05, 0.1) is 0 Å². The lowest BCUT2D eigenvalue weighted by Gasteiger charge is -2.33. The van der Waals surface area contributed by atoms with Crippen LogP contribution in [-0.2, 0) is 9.59 Å². The molecule has 0 unspecified atom stereocenters. The van der Waals surface area contributed by atoms with Crippen LogP contribution in [0.5, 0.6) is 0 Å². The van der Waals surface area contributed by atoms with Crippen LogP contribution in [0.4, 0.5) is 0 Å². The molecule has 0 saturated heterocycles. The molecule has 0 atom stereocenters. The summed E-state index contributed by atoms with van der Waals surface area (Å²) in [6.45, 7) is 18.0. The van der Waals surface area contributed by atoms with E-state index in [1.54, 1.807) is 12.2 Å². The lowest BCUT2D eigenvalue weighted by Crippen LogP contribution is -2.52. The zero-order chi connectivity index (χ0) is 16.0. The van der Waals surface area contributed by atoms with Gasteiger partial charge in [0, 0.05) is 18.6 Å². The van der Waals surface area contributed by atoms with Gasteiger partial charge >= 0.3 is 11.8 Å². The first-order valence-electron chi connectivity index (χ1n) is 6.85. The predicted molar refractivity (Wildman–Crippen MR) is 83.3 cm³/mol. The Hall–Kier alpha value is -1.58. The molecule has 1 N–H and O–H groups in total. The van der Waals surface area contributed by atoms with Gasteiger partial charge in [-0.25, -0.2) is 0 Å². The molecule has 20 heavy (non-hydrogen) atoms. The molecular weight excluding hydrogens is 252 g/mol. The van der Waals surface area contributed by atoms with Crippen molar-refractivity contribution in [1.82, 2.24) is 10.2 Å². The molecule has 0 spiro atoms. The largest absolute Gasteiger partial charge is 0.343 e. The molecule has 0 fully saturated rings. The van der Waals surface area contributed by atoms with E-state index < -0.39 is 17.4 Å². The average Bonchev–Trinajstić information content (AvgIpc) is 2.23. The normalized spacial score (nSPS) is 11.7. The lowest BCUT2D eigenvalue weighted by atomic mass is 9.82. The predicted octanol–water partition coefficient (Wildman–Crippen LogP) is 2.52. The summed E-state index contributed by atoms with van der Waals surface area (Å²) >= 11 is 0.